The van der Waals surface area contributed by atoms with Crippen LogP contribution in [0.2, 0.25) is 5.02 Å². The molecule has 156 valence electrons. The summed E-state index contributed by atoms with van der Waals surface area (Å²) >= 11 is 5.94. The van der Waals surface area contributed by atoms with Gasteiger partial charge in [-0.1, -0.05) is 17.7 Å². The number of hydrogen-bond acceptors (Lipinski definition) is 5. The Kier molecular flexibility index (Phi) is 6.06. The molecule has 1 aromatic heterocycles. The van der Waals surface area contributed by atoms with Gasteiger partial charge in [0.05, 0.1) is 5.52 Å². The lowest BCUT2D eigenvalue weighted by atomic mass is 10.1. The molecule has 1 amide bonds. The first kappa shape index (κ1) is 20.4. The number of ether oxygens (including phenoxy) is 1. The predicted molar refractivity (Wildman–Crippen MR) is 122 cm³/mol. The number of benzene rings is 2. The molecular weight excluding hydrogens is 400 g/mol. The molecule has 7 heteroatoms. The van der Waals surface area contributed by atoms with Gasteiger partial charge in [-0.05, 0) is 62.0 Å². The monoisotopic (exact) mass is 424 g/mol. The third-order valence-corrected chi connectivity index (χ3v) is 5.51. The van der Waals surface area contributed by atoms with Crippen molar-refractivity contribution >= 4 is 39.9 Å². The molecule has 0 unspecified atom stereocenters. The molecule has 0 saturated carbocycles. The van der Waals surface area contributed by atoms with Crippen LogP contribution in [0.3, 0.4) is 0 Å². The van der Waals surface area contributed by atoms with Crippen molar-refractivity contribution in [2.75, 3.05) is 50.1 Å². The smallest absolute Gasteiger partial charge is 0.262 e. The zero-order valence-corrected chi connectivity index (χ0v) is 17.9. The van der Waals surface area contributed by atoms with Crippen molar-refractivity contribution in [1.29, 1.82) is 0 Å². The van der Waals surface area contributed by atoms with Gasteiger partial charge in [0.25, 0.3) is 5.91 Å². The van der Waals surface area contributed by atoms with Crippen LogP contribution in [0, 0.1) is 6.92 Å². The zero-order chi connectivity index (χ0) is 21.1. The second-order valence-electron chi connectivity index (χ2n) is 7.61. The fourth-order valence-corrected chi connectivity index (χ4v) is 3.73. The Bertz CT molecular complexity index is 1060. The van der Waals surface area contributed by atoms with E-state index in [1.807, 2.05) is 18.2 Å². The Morgan fingerprint density at radius 2 is 1.93 bits per heavy atom. The Labute approximate surface area is 181 Å². The van der Waals surface area contributed by atoms with E-state index in [1.54, 1.807) is 24.3 Å². The van der Waals surface area contributed by atoms with Crippen LogP contribution in [-0.2, 0) is 4.79 Å². The number of fused-ring (bicyclic) bond motifs is 1. The highest BCUT2D eigenvalue weighted by atomic mass is 35.5. The van der Waals surface area contributed by atoms with E-state index in [0.717, 1.165) is 54.2 Å². The molecular formula is C23H25ClN4O2. The van der Waals surface area contributed by atoms with E-state index >= 15 is 0 Å². The third-order valence-electron chi connectivity index (χ3n) is 5.28. The SMILES string of the molecule is Cc1cc(N2CCN(C)CC2)nc2ccc(NC(=O)COc3cccc(Cl)c3)cc12. The van der Waals surface area contributed by atoms with Crippen LogP contribution in [0.4, 0.5) is 11.5 Å². The fraction of sp³-hybridized carbons (Fsp3) is 0.304. The number of pyridine rings is 1. The molecule has 2 aromatic carbocycles. The predicted octanol–water partition coefficient (Wildman–Crippen LogP) is 3.97. The molecule has 0 spiro atoms. The van der Waals surface area contributed by atoms with Crippen LogP contribution in [-0.4, -0.2) is 55.6 Å². The molecule has 0 aliphatic carbocycles. The summed E-state index contributed by atoms with van der Waals surface area (Å²) in [6.07, 6.45) is 0. The molecule has 4 rings (SSSR count). The highest BCUT2D eigenvalue weighted by Gasteiger charge is 2.16. The van der Waals surface area contributed by atoms with Gasteiger partial charge >= 0.3 is 0 Å². The Hall–Kier alpha value is -2.83. The van der Waals surface area contributed by atoms with Gasteiger partial charge in [0.2, 0.25) is 0 Å². The molecule has 6 nitrogen and oxygen atoms in total. The summed E-state index contributed by atoms with van der Waals surface area (Å²) in [5.74, 6) is 1.35. The van der Waals surface area contributed by atoms with Crippen molar-refractivity contribution in [2.45, 2.75) is 6.92 Å². The van der Waals surface area contributed by atoms with Gasteiger partial charge in [0.15, 0.2) is 6.61 Å². The molecule has 1 aliphatic heterocycles. The maximum absolute atomic E-state index is 12.3. The summed E-state index contributed by atoms with van der Waals surface area (Å²) in [6, 6.07) is 14.9. The van der Waals surface area contributed by atoms with Crippen LogP contribution in [0.5, 0.6) is 5.75 Å². The van der Waals surface area contributed by atoms with Gasteiger partial charge in [0.1, 0.15) is 11.6 Å². The van der Waals surface area contributed by atoms with Gasteiger partial charge in [-0.3, -0.25) is 4.79 Å². The Morgan fingerprint density at radius 1 is 1.13 bits per heavy atom. The molecule has 2 heterocycles. The van der Waals surface area contributed by atoms with E-state index in [2.05, 4.69) is 35.2 Å². The maximum Gasteiger partial charge on any atom is 0.262 e. The zero-order valence-electron chi connectivity index (χ0n) is 17.2. The summed E-state index contributed by atoms with van der Waals surface area (Å²) in [5, 5.41) is 4.49. The molecule has 0 radical (unpaired) electrons. The summed E-state index contributed by atoms with van der Waals surface area (Å²) in [5.41, 5.74) is 2.79. The second-order valence-corrected chi connectivity index (χ2v) is 8.05. The minimum atomic E-state index is -0.228. The van der Waals surface area contributed by atoms with E-state index in [0.29, 0.717) is 10.8 Å². The Morgan fingerprint density at radius 3 is 2.70 bits per heavy atom. The minimum absolute atomic E-state index is 0.0854. The van der Waals surface area contributed by atoms with E-state index in [4.69, 9.17) is 21.3 Å². The van der Waals surface area contributed by atoms with Gasteiger partial charge < -0.3 is 19.9 Å². The first-order valence-corrected chi connectivity index (χ1v) is 10.4. The molecule has 3 aromatic rings. The Balaban J connectivity index is 1.44. The molecule has 30 heavy (non-hydrogen) atoms. The number of aryl methyl sites for hydroxylation is 1. The summed E-state index contributed by atoms with van der Waals surface area (Å²) in [7, 11) is 2.15. The molecule has 1 N–H and O–H groups in total. The lowest BCUT2D eigenvalue weighted by Gasteiger charge is -2.33. The number of amides is 1. The number of anilines is 2. The molecule has 1 aliphatic rings. The molecule has 0 bridgehead atoms. The first-order valence-electron chi connectivity index (χ1n) is 10.0. The average molecular weight is 425 g/mol. The van der Waals surface area contributed by atoms with Crippen molar-refractivity contribution in [3.05, 3.63) is 59.1 Å². The number of likely N-dealkylation sites (N-methyl/N-ethyl adjacent to an activating group) is 1. The summed E-state index contributed by atoms with van der Waals surface area (Å²) in [6.45, 7) is 6.04. The number of rotatable bonds is 5. The number of carbonyl (C=O) groups excluding carboxylic acids is 1. The number of carbonyl (C=O) groups is 1. The van der Waals surface area contributed by atoms with E-state index in [9.17, 15) is 4.79 Å². The average Bonchev–Trinajstić information content (AvgIpc) is 2.73. The van der Waals surface area contributed by atoms with Crippen LogP contribution < -0.4 is 15.0 Å². The second kappa shape index (κ2) is 8.90. The van der Waals surface area contributed by atoms with Gasteiger partial charge in [0, 0.05) is 42.3 Å². The highest BCUT2D eigenvalue weighted by Crippen LogP contribution is 2.26. The number of nitrogens with one attached hydrogen (secondary N) is 1. The van der Waals surface area contributed by atoms with Crippen molar-refractivity contribution in [3.63, 3.8) is 0 Å². The van der Waals surface area contributed by atoms with E-state index in [-0.39, 0.29) is 12.5 Å². The third kappa shape index (κ3) is 4.83. The standard InChI is InChI=1S/C23H25ClN4O2/c1-16-12-22(28-10-8-27(2)9-11-28)26-21-7-6-18(14-20(16)21)25-23(29)15-30-19-5-3-4-17(24)13-19/h3-7,12-14H,8-11,15H2,1-2H3,(H,25,29). The van der Waals surface area contributed by atoms with Crippen LogP contribution in [0.15, 0.2) is 48.5 Å². The van der Waals surface area contributed by atoms with Crippen molar-refractivity contribution in [2.24, 2.45) is 0 Å². The topological polar surface area (TPSA) is 57.7 Å². The number of piperazine rings is 1. The van der Waals surface area contributed by atoms with Crippen molar-refractivity contribution in [3.8, 4) is 5.75 Å². The van der Waals surface area contributed by atoms with Crippen LogP contribution >= 0.6 is 11.6 Å². The maximum atomic E-state index is 12.3. The lowest BCUT2D eigenvalue weighted by Crippen LogP contribution is -2.44. The number of halogens is 1. The van der Waals surface area contributed by atoms with Gasteiger partial charge in [-0.2, -0.15) is 0 Å². The number of hydrogen-bond donors (Lipinski definition) is 1. The number of aromatic nitrogens is 1. The highest BCUT2D eigenvalue weighted by molar-refractivity contribution is 6.30. The largest absolute Gasteiger partial charge is 0.484 e. The van der Waals surface area contributed by atoms with Crippen LogP contribution in [0.1, 0.15) is 5.56 Å². The summed E-state index contributed by atoms with van der Waals surface area (Å²) < 4.78 is 5.50. The lowest BCUT2D eigenvalue weighted by molar-refractivity contribution is -0.118. The molecule has 1 saturated heterocycles. The van der Waals surface area contributed by atoms with E-state index < -0.39 is 0 Å². The minimum Gasteiger partial charge on any atom is -0.484 e. The van der Waals surface area contributed by atoms with Crippen molar-refractivity contribution < 1.29 is 9.53 Å². The first-order chi connectivity index (χ1) is 14.5. The van der Waals surface area contributed by atoms with Crippen molar-refractivity contribution in [1.82, 2.24) is 9.88 Å². The molecule has 0 atom stereocenters. The molecule has 1 fully saturated rings. The van der Waals surface area contributed by atoms with Gasteiger partial charge in [-0.15, -0.1) is 0 Å². The summed E-state index contributed by atoms with van der Waals surface area (Å²) in [4.78, 5) is 21.8. The quantitative estimate of drug-likeness (QED) is 0.671. The normalized spacial score (nSPS) is 14.7. The fourth-order valence-electron chi connectivity index (χ4n) is 3.55. The van der Waals surface area contributed by atoms with E-state index in [1.165, 1.54) is 0 Å². The van der Waals surface area contributed by atoms with Crippen LogP contribution in [0.25, 0.3) is 10.9 Å². The number of nitrogens with zero attached hydrogens (tertiary/aromatic N) is 3. The van der Waals surface area contributed by atoms with Gasteiger partial charge in [-0.25, -0.2) is 4.98 Å².